The molecule has 1 saturated carbocycles. The third-order valence-electron chi connectivity index (χ3n) is 4.28. The smallest absolute Gasteiger partial charge is 0.389 e. The van der Waals surface area contributed by atoms with E-state index in [1.165, 1.54) is 12.1 Å². The molecule has 1 aliphatic rings. The number of benzene rings is 1. The molecular formula is C17H22F3NO2. The molecule has 1 unspecified atom stereocenters. The van der Waals surface area contributed by atoms with Crippen molar-refractivity contribution in [2.45, 2.75) is 63.3 Å². The SMILES string of the molecule is CC(Cc1ccccc1C(F)(F)F)NC(=O)CC1(O)CCCC1. The van der Waals surface area contributed by atoms with Crippen LogP contribution >= 0.6 is 0 Å². The average Bonchev–Trinajstić information content (AvgIpc) is 2.83. The summed E-state index contributed by atoms with van der Waals surface area (Å²) in [4.78, 5) is 12.0. The highest BCUT2D eigenvalue weighted by molar-refractivity contribution is 5.77. The zero-order valence-electron chi connectivity index (χ0n) is 13.1. The number of alkyl halides is 3. The number of aliphatic hydroxyl groups is 1. The van der Waals surface area contributed by atoms with Crippen LogP contribution in [0.15, 0.2) is 24.3 Å². The van der Waals surface area contributed by atoms with E-state index in [-0.39, 0.29) is 24.3 Å². The van der Waals surface area contributed by atoms with Gasteiger partial charge in [0.05, 0.1) is 17.6 Å². The summed E-state index contributed by atoms with van der Waals surface area (Å²) in [5, 5.41) is 12.9. The van der Waals surface area contributed by atoms with E-state index in [4.69, 9.17) is 0 Å². The predicted octanol–water partition coefficient (Wildman–Crippen LogP) is 3.45. The molecule has 6 heteroatoms. The second-order valence-electron chi connectivity index (χ2n) is 6.44. The van der Waals surface area contributed by atoms with Crippen LogP contribution in [0.4, 0.5) is 13.2 Å². The van der Waals surface area contributed by atoms with E-state index >= 15 is 0 Å². The Morgan fingerprint density at radius 1 is 1.30 bits per heavy atom. The van der Waals surface area contributed by atoms with E-state index in [1.54, 1.807) is 13.0 Å². The van der Waals surface area contributed by atoms with Gasteiger partial charge in [0.1, 0.15) is 0 Å². The Hall–Kier alpha value is -1.56. The standard InChI is InChI=1S/C17H22F3NO2/c1-12(21-15(22)11-16(23)8-4-5-9-16)10-13-6-2-3-7-14(13)17(18,19)20/h2-3,6-7,12,23H,4-5,8-11H2,1H3,(H,21,22). The summed E-state index contributed by atoms with van der Waals surface area (Å²) < 4.78 is 38.9. The van der Waals surface area contributed by atoms with E-state index in [2.05, 4.69) is 5.32 Å². The number of hydrogen-bond donors (Lipinski definition) is 2. The molecule has 1 aromatic carbocycles. The molecule has 1 fully saturated rings. The summed E-state index contributed by atoms with van der Waals surface area (Å²) in [7, 11) is 0. The van der Waals surface area contributed by atoms with E-state index in [0.29, 0.717) is 12.8 Å². The molecule has 3 nitrogen and oxygen atoms in total. The third kappa shape index (κ3) is 4.96. The topological polar surface area (TPSA) is 49.3 Å². The second kappa shape index (κ2) is 6.91. The van der Waals surface area contributed by atoms with Crippen LogP contribution in [0.1, 0.15) is 50.2 Å². The average molecular weight is 329 g/mol. The Balaban J connectivity index is 1.95. The van der Waals surface area contributed by atoms with Crippen molar-refractivity contribution >= 4 is 5.91 Å². The second-order valence-corrected chi connectivity index (χ2v) is 6.44. The van der Waals surface area contributed by atoms with Gasteiger partial charge < -0.3 is 10.4 Å². The van der Waals surface area contributed by atoms with Crippen LogP contribution in [0.2, 0.25) is 0 Å². The molecule has 1 aliphatic carbocycles. The molecule has 0 aliphatic heterocycles. The lowest BCUT2D eigenvalue weighted by Crippen LogP contribution is -2.39. The number of nitrogens with one attached hydrogen (secondary N) is 1. The molecule has 1 atom stereocenters. The molecule has 23 heavy (non-hydrogen) atoms. The highest BCUT2D eigenvalue weighted by atomic mass is 19.4. The number of hydrogen-bond acceptors (Lipinski definition) is 2. The zero-order valence-corrected chi connectivity index (χ0v) is 13.1. The van der Waals surface area contributed by atoms with Crippen LogP contribution in [0.3, 0.4) is 0 Å². The first-order chi connectivity index (χ1) is 10.7. The molecule has 1 aromatic rings. The zero-order chi connectivity index (χ0) is 17.1. The highest BCUT2D eigenvalue weighted by Gasteiger charge is 2.35. The first-order valence-corrected chi connectivity index (χ1v) is 7.86. The number of amides is 1. The Morgan fingerprint density at radius 3 is 2.52 bits per heavy atom. The van der Waals surface area contributed by atoms with Gasteiger partial charge >= 0.3 is 6.18 Å². The monoisotopic (exact) mass is 329 g/mol. The molecule has 0 aromatic heterocycles. The van der Waals surface area contributed by atoms with E-state index in [1.807, 2.05) is 0 Å². The summed E-state index contributed by atoms with van der Waals surface area (Å²) in [6.45, 7) is 1.67. The number of rotatable bonds is 5. The Bertz CT molecular complexity index is 551. The molecule has 0 radical (unpaired) electrons. The van der Waals surface area contributed by atoms with Crippen molar-refractivity contribution in [3.8, 4) is 0 Å². The normalized spacial score (nSPS) is 18.7. The van der Waals surface area contributed by atoms with Crippen LogP contribution in [-0.4, -0.2) is 22.7 Å². The first-order valence-electron chi connectivity index (χ1n) is 7.86. The van der Waals surface area contributed by atoms with Gasteiger partial charge in [-0.25, -0.2) is 0 Å². The van der Waals surface area contributed by atoms with E-state index in [9.17, 15) is 23.1 Å². The fraction of sp³-hybridized carbons (Fsp3) is 0.588. The van der Waals surface area contributed by atoms with Gasteiger partial charge in [-0.3, -0.25) is 4.79 Å². The quantitative estimate of drug-likeness (QED) is 0.869. The van der Waals surface area contributed by atoms with Crippen LogP contribution < -0.4 is 5.32 Å². The fourth-order valence-electron chi connectivity index (χ4n) is 3.19. The third-order valence-corrected chi connectivity index (χ3v) is 4.28. The molecular weight excluding hydrogens is 307 g/mol. The number of carbonyl (C=O) groups is 1. The Kier molecular flexibility index (Phi) is 5.34. The minimum atomic E-state index is -4.40. The summed E-state index contributed by atoms with van der Waals surface area (Å²) in [5.41, 5.74) is -1.46. The van der Waals surface area contributed by atoms with Crippen molar-refractivity contribution in [2.24, 2.45) is 0 Å². The van der Waals surface area contributed by atoms with Gasteiger partial charge in [-0.15, -0.1) is 0 Å². The van der Waals surface area contributed by atoms with Gasteiger partial charge in [0.2, 0.25) is 5.91 Å². The van der Waals surface area contributed by atoms with Gasteiger partial charge in [0.25, 0.3) is 0 Å². The summed E-state index contributed by atoms with van der Waals surface area (Å²) >= 11 is 0. The van der Waals surface area contributed by atoms with Crippen molar-refractivity contribution in [3.05, 3.63) is 35.4 Å². The molecule has 0 saturated heterocycles. The summed E-state index contributed by atoms with van der Waals surface area (Å²) in [6, 6.07) is 4.95. The van der Waals surface area contributed by atoms with Gasteiger partial charge in [-0.2, -0.15) is 13.2 Å². The van der Waals surface area contributed by atoms with Crippen LogP contribution in [0.5, 0.6) is 0 Å². The van der Waals surface area contributed by atoms with E-state index < -0.39 is 23.4 Å². The van der Waals surface area contributed by atoms with Crippen molar-refractivity contribution < 1.29 is 23.1 Å². The predicted molar refractivity (Wildman–Crippen MR) is 80.8 cm³/mol. The lowest BCUT2D eigenvalue weighted by Gasteiger charge is -2.23. The fourth-order valence-corrected chi connectivity index (χ4v) is 3.19. The van der Waals surface area contributed by atoms with Crippen molar-refractivity contribution in [1.82, 2.24) is 5.32 Å². The van der Waals surface area contributed by atoms with E-state index in [0.717, 1.165) is 18.9 Å². The maximum atomic E-state index is 13.0. The molecule has 0 spiro atoms. The van der Waals surface area contributed by atoms with Crippen molar-refractivity contribution in [2.75, 3.05) is 0 Å². The first kappa shape index (κ1) is 17.8. The molecule has 0 bridgehead atoms. The largest absolute Gasteiger partial charge is 0.416 e. The Labute approximate surface area is 133 Å². The lowest BCUT2D eigenvalue weighted by molar-refractivity contribution is -0.138. The van der Waals surface area contributed by atoms with Crippen LogP contribution in [-0.2, 0) is 17.4 Å². The minimum absolute atomic E-state index is 0.0122. The van der Waals surface area contributed by atoms with Gasteiger partial charge in [0, 0.05) is 6.04 Å². The minimum Gasteiger partial charge on any atom is -0.389 e. The van der Waals surface area contributed by atoms with Crippen molar-refractivity contribution in [1.29, 1.82) is 0 Å². The molecule has 2 N–H and O–H groups in total. The molecule has 128 valence electrons. The summed E-state index contributed by atoms with van der Waals surface area (Å²) in [5.74, 6) is -0.314. The van der Waals surface area contributed by atoms with Crippen LogP contribution in [0, 0.1) is 0 Å². The number of halogens is 3. The maximum Gasteiger partial charge on any atom is 0.416 e. The lowest BCUT2D eigenvalue weighted by atomic mass is 9.96. The Morgan fingerprint density at radius 2 is 1.91 bits per heavy atom. The van der Waals surface area contributed by atoms with Gasteiger partial charge in [-0.1, -0.05) is 31.0 Å². The highest BCUT2D eigenvalue weighted by Crippen LogP contribution is 2.33. The molecule has 1 amide bonds. The number of carbonyl (C=O) groups excluding carboxylic acids is 1. The van der Waals surface area contributed by atoms with Gasteiger partial charge in [0.15, 0.2) is 0 Å². The van der Waals surface area contributed by atoms with Crippen molar-refractivity contribution in [3.63, 3.8) is 0 Å². The summed E-state index contributed by atoms with van der Waals surface area (Å²) in [6.07, 6.45) is -1.29. The molecule has 2 rings (SSSR count). The maximum absolute atomic E-state index is 13.0. The molecule has 0 heterocycles. The van der Waals surface area contributed by atoms with Crippen LogP contribution in [0.25, 0.3) is 0 Å². The van der Waals surface area contributed by atoms with Gasteiger partial charge in [-0.05, 0) is 37.8 Å².